The molecule has 0 aliphatic carbocycles. The third-order valence-electron chi connectivity index (χ3n) is 8.65. The highest BCUT2D eigenvalue weighted by atomic mass is 16.5. The van der Waals surface area contributed by atoms with Gasteiger partial charge in [0.2, 0.25) is 0 Å². The van der Waals surface area contributed by atoms with E-state index in [1.54, 1.807) is 0 Å². The molecule has 1 aromatic carbocycles. The van der Waals surface area contributed by atoms with Gasteiger partial charge in [-0.1, -0.05) is 18.2 Å². The standard InChI is InChI=1S/C29H38N6O/c1-20-15-21(22-18-30-35(19-22)27-7-5-6-14-36-27)8-9-24(20)25-10-11-26(32-31-25)34(4)23-16-28(2)12-13-29(3,17-23)33-28/h8-11,15,18-19,23,27,33H,5-7,12-14,16-17H2,1-4H3/t23?,27?,28-,29+. The van der Waals surface area contributed by atoms with Crippen molar-refractivity contribution in [1.29, 1.82) is 0 Å². The summed E-state index contributed by atoms with van der Waals surface area (Å²) in [5.74, 6) is 0.948. The molecule has 2 bridgehead atoms. The average Bonchev–Trinajstić information content (AvgIpc) is 3.46. The molecule has 190 valence electrons. The Labute approximate surface area is 214 Å². The molecule has 3 aliphatic heterocycles. The Morgan fingerprint density at radius 2 is 1.83 bits per heavy atom. The molecule has 3 saturated heterocycles. The molecule has 7 heteroatoms. The molecule has 4 atom stereocenters. The first kappa shape index (κ1) is 23.6. The first-order chi connectivity index (χ1) is 17.3. The second-order valence-electron chi connectivity index (χ2n) is 11.8. The van der Waals surface area contributed by atoms with E-state index in [4.69, 9.17) is 4.74 Å². The lowest BCUT2D eigenvalue weighted by molar-refractivity contribution is -0.0394. The number of nitrogens with zero attached hydrogens (tertiary/aromatic N) is 5. The predicted octanol–water partition coefficient (Wildman–Crippen LogP) is 5.51. The van der Waals surface area contributed by atoms with E-state index < -0.39 is 0 Å². The van der Waals surface area contributed by atoms with Crippen molar-refractivity contribution in [2.45, 2.75) is 89.1 Å². The van der Waals surface area contributed by atoms with Crippen LogP contribution in [0.4, 0.5) is 5.82 Å². The number of fused-ring (bicyclic) bond motifs is 2. The summed E-state index contributed by atoms with van der Waals surface area (Å²) in [7, 11) is 2.17. The van der Waals surface area contributed by atoms with Crippen LogP contribution in [0.2, 0.25) is 0 Å². The molecule has 0 spiro atoms. The fraction of sp³-hybridized carbons (Fsp3) is 0.552. The number of anilines is 1. The molecule has 2 aromatic heterocycles. The van der Waals surface area contributed by atoms with Crippen molar-refractivity contribution in [3.8, 4) is 22.4 Å². The van der Waals surface area contributed by atoms with Crippen molar-refractivity contribution in [2.24, 2.45) is 0 Å². The minimum atomic E-state index is 0.0607. The van der Waals surface area contributed by atoms with Gasteiger partial charge in [0.05, 0.1) is 11.9 Å². The van der Waals surface area contributed by atoms with Crippen molar-refractivity contribution in [3.63, 3.8) is 0 Å². The lowest BCUT2D eigenvalue weighted by Crippen LogP contribution is -2.58. The Morgan fingerprint density at radius 1 is 1.03 bits per heavy atom. The van der Waals surface area contributed by atoms with Crippen molar-refractivity contribution in [3.05, 3.63) is 48.3 Å². The predicted molar refractivity (Wildman–Crippen MR) is 143 cm³/mol. The van der Waals surface area contributed by atoms with Crippen LogP contribution in [-0.4, -0.2) is 50.8 Å². The zero-order valence-electron chi connectivity index (χ0n) is 22.0. The Hall–Kier alpha value is -2.77. The van der Waals surface area contributed by atoms with Crippen LogP contribution in [0.5, 0.6) is 0 Å². The van der Waals surface area contributed by atoms with E-state index >= 15 is 0 Å². The molecule has 6 rings (SSSR count). The first-order valence-corrected chi connectivity index (χ1v) is 13.4. The van der Waals surface area contributed by atoms with Gasteiger partial charge in [-0.3, -0.25) is 0 Å². The number of rotatable bonds is 5. The van der Waals surface area contributed by atoms with E-state index in [0.717, 1.165) is 60.5 Å². The summed E-state index contributed by atoms with van der Waals surface area (Å²) in [6.45, 7) is 7.70. The number of nitrogens with one attached hydrogen (secondary N) is 1. The molecule has 1 N–H and O–H groups in total. The van der Waals surface area contributed by atoms with Gasteiger partial charge in [0.25, 0.3) is 0 Å². The summed E-state index contributed by atoms with van der Waals surface area (Å²) in [5.41, 5.74) is 5.94. The van der Waals surface area contributed by atoms with Crippen LogP contribution in [0, 0.1) is 6.92 Å². The van der Waals surface area contributed by atoms with Crippen molar-refractivity contribution >= 4 is 5.82 Å². The van der Waals surface area contributed by atoms with Crippen LogP contribution in [0.15, 0.2) is 42.7 Å². The summed E-state index contributed by atoms with van der Waals surface area (Å²) in [5, 5.41) is 17.7. The molecule has 3 aromatic rings. The van der Waals surface area contributed by atoms with Gasteiger partial charge in [0, 0.05) is 48.1 Å². The second-order valence-corrected chi connectivity index (χ2v) is 11.8. The van der Waals surface area contributed by atoms with E-state index in [1.807, 2.05) is 10.9 Å². The Bertz CT molecular complexity index is 1210. The SMILES string of the molecule is Cc1cc(-c2cnn(C3CCCCO3)c2)ccc1-c1ccc(N(C)C2C[C@]3(C)CC[C@](C)(C2)N3)nn1. The zero-order valence-corrected chi connectivity index (χ0v) is 22.0. The van der Waals surface area contributed by atoms with Crippen LogP contribution < -0.4 is 10.2 Å². The summed E-state index contributed by atoms with van der Waals surface area (Å²) >= 11 is 0. The second kappa shape index (κ2) is 8.96. The van der Waals surface area contributed by atoms with Crippen molar-refractivity contribution < 1.29 is 4.74 Å². The summed E-state index contributed by atoms with van der Waals surface area (Å²) in [6, 6.07) is 11.2. The zero-order chi connectivity index (χ0) is 24.9. The summed E-state index contributed by atoms with van der Waals surface area (Å²) < 4.78 is 7.85. The quantitative estimate of drug-likeness (QED) is 0.513. The number of hydrogen-bond donors (Lipinski definition) is 1. The maximum Gasteiger partial charge on any atom is 0.151 e. The van der Waals surface area contributed by atoms with E-state index in [9.17, 15) is 0 Å². The summed E-state index contributed by atoms with van der Waals surface area (Å²) in [4.78, 5) is 2.34. The normalized spacial score (nSPS) is 29.9. The van der Waals surface area contributed by atoms with Gasteiger partial charge in [-0.15, -0.1) is 10.2 Å². The van der Waals surface area contributed by atoms with E-state index in [-0.39, 0.29) is 17.3 Å². The van der Waals surface area contributed by atoms with Gasteiger partial charge in [-0.05, 0) is 89.0 Å². The highest BCUT2D eigenvalue weighted by Crippen LogP contribution is 2.43. The number of aryl methyl sites for hydroxylation is 1. The topological polar surface area (TPSA) is 68.1 Å². The molecule has 0 saturated carbocycles. The van der Waals surface area contributed by atoms with Crippen LogP contribution in [-0.2, 0) is 4.74 Å². The summed E-state index contributed by atoms with van der Waals surface area (Å²) in [6.07, 6.45) is 12.3. The number of piperidine rings is 1. The first-order valence-electron chi connectivity index (χ1n) is 13.4. The van der Waals surface area contributed by atoms with Crippen LogP contribution in [0.3, 0.4) is 0 Å². The van der Waals surface area contributed by atoms with Gasteiger partial charge >= 0.3 is 0 Å². The van der Waals surface area contributed by atoms with Gasteiger partial charge in [0.15, 0.2) is 5.82 Å². The largest absolute Gasteiger partial charge is 0.357 e. The van der Waals surface area contributed by atoms with Crippen LogP contribution in [0.25, 0.3) is 22.4 Å². The van der Waals surface area contributed by atoms with Gasteiger partial charge < -0.3 is 15.0 Å². The Kier molecular flexibility index (Phi) is 5.88. The van der Waals surface area contributed by atoms with Crippen LogP contribution in [0.1, 0.15) is 70.6 Å². The maximum absolute atomic E-state index is 5.88. The maximum atomic E-state index is 5.88. The molecular formula is C29H38N6O. The fourth-order valence-corrected chi connectivity index (χ4v) is 6.65. The Morgan fingerprint density at radius 3 is 2.50 bits per heavy atom. The number of benzene rings is 1. The molecule has 3 aliphatic rings. The molecule has 7 nitrogen and oxygen atoms in total. The number of hydrogen-bond acceptors (Lipinski definition) is 6. The van der Waals surface area contributed by atoms with Gasteiger partial charge in [0.1, 0.15) is 6.23 Å². The van der Waals surface area contributed by atoms with E-state index in [1.165, 1.54) is 24.8 Å². The number of aromatic nitrogens is 4. The molecule has 2 unspecified atom stereocenters. The molecule has 3 fully saturated rings. The lowest BCUT2D eigenvalue weighted by Gasteiger charge is -2.45. The fourth-order valence-electron chi connectivity index (χ4n) is 6.65. The third-order valence-corrected chi connectivity index (χ3v) is 8.65. The molecule has 0 amide bonds. The van der Waals surface area contributed by atoms with Gasteiger partial charge in [-0.2, -0.15) is 5.10 Å². The lowest BCUT2D eigenvalue weighted by atomic mass is 9.84. The average molecular weight is 487 g/mol. The van der Waals surface area contributed by atoms with Crippen LogP contribution >= 0.6 is 0 Å². The highest BCUT2D eigenvalue weighted by Gasteiger charge is 2.49. The molecular weight excluding hydrogens is 448 g/mol. The monoisotopic (exact) mass is 486 g/mol. The van der Waals surface area contributed by atoms with E-state index in [0.29, 0.717) is 6.04 Å². The molecule has 5 heterocycles. The minimum Gasteiger partial charge on any atom is -0.357 e. The smallest absolute Gasteiger partial charge is 0.151 e. The minimum absolute atomic E-state index is 0.0607. The number of ether oxygens (including phenoxy) is 1. The Balaban J connectivity index is 1.17. The molecule has 36 heavy (non-hydrogen) atoms. The third kappa shape index (κ3) is 4.43. The van der Waals surface area contributed by atoms with Crippen molar-refractivity contribution in [1.82, 2.24) is 25.3 Å². The highest BCUT2D eigenvalue weighted by molar-refractivity contribution is 5.71. The van der Waals surface area contributed by atoms with Gasteiger partial charge in [-0.25, -0.2) is 4.68 Å². The van der Waals surface area contributed by atoms with E-state index in [2.05, 4.69) is 89.9 Å². The van der Waals surface area contributed by atoms with Crippen molar-refractivity contribution in [2.75, 3.05) is 18.6 Å². The molecule has 0 radical (unpaired) electrons.